The first-order valence-electron chi connectivity index (χ1n) is 7.24. The topological polar surface area (TPSA) is 55.4 Å². The molecule has 0 aromatic rings. The Morgan fingerprint density at radius 3 is 2.20 bits per heavy atom. The zero-order chi connectivity index (χ0) is 15.5. The molecule has 0 aliphatic carbocycles. The van der Waals surface area contributed by atoms with Gasteiger partial charge >= 0.3 is 5.97 Å². The summed E-state index contributed by atoms with van der Waals surface area (Å²) in [4.78, 5) is 22.9. The fourth-order valence-corrected chi connectivity index (χ4v) is 1.60. The smallest absolute Gasteiger partial charge is 0.315 e. The summed E-state index contributed by atoms with van der Waals surface area (Å²) in [5, 5.41) is 2.77. The van der Waals surface area contributed by atoms with Crippen LogP contribution in [0.15, 0.2) is 22.9 Å². The number of esters is 1. The van der Waals surface area contributed by atoms with E-state index in [1.807, 2.05) is 13.0 Å². The van der Waals surface area contributed by atoms with E-state index in [9.17, 15) is 9.59 Å². The summed E-state index contributed by atoms with van der Waals surface area (Å²) in [6, 6.07) is 0. The lowest BCUT2D eigenvalue weighted by Gasteiger charge is -2.09. The van der Waals surface area contributed by atoms with E-state index in [0.29, 0.717) is 6.61 Å². The molecule has 0 saturated carbocycles. The van der Waals surface area contributed by atoms with Gasteiger partial charge < -0.3 is 10.1 Å². The summed E-state index contributed by atoms with van der Waals surface area (Å²) >= 11 is 0. The van der Waals surface area contributed by atoms with E-state index in [0.717, 1.165) is 25.0 Å². The van der Waals surface area contributed by atoms with Crippen molar-refractivity contribution in [1.29, 1.82) is 0 Å². The lowest BCUT2D eigenvalue weighted by atomic mass is 10.1. The van der Waals surface area contributed by atoms with Gasteiger partial charge in [-0.1, -0.05) is 31.1 Å². The van der Waals surface area contributed by atoms with Gasteiger partial charge in [0.05, 0.1) is 6.61 Å². The number of hydrogen-bond acceptors (Lipinski definition) is 3. The Morgan fingerprint density at radius 1 is 1.05 bits per heavy atom. The monoisotopic (exact) mass is 281 g/mol. The molecule has 0 bridgehead atoms. The van der Waals surface area contributed by atoms with Gasteiger partial charge in [0.1, 0.15) is 6.42 Å². The van der Waals surface area contributed by atoms with Gasteiger partial charge in [-0.2, -0.15) is 0 Å². The van der Waals surface area contributed by atoms with Crippen LogP contribution in [0.1, 0.15) is 60.3 Å². The quantitative estimate of drug-likeness (QED) is 0.421. The van der Waals surface area contributed by atoms with Gasteiger partial charge in [0.15, 0.2) is 0 Å². The molecule has 0 heterocycles. The molecule has 1 N–H and O–H groups in total. The second-order valence-electron chi connectivity index (χ2n) is 4.73. The van der Waals surface area contributed by atoms with Crippen LogP contribution in [0.5, 0.6) is 0 Å². The third kappa shape index (κ3) is 7.77. The first-order chi connectivity index (χ1) is 9.44. The Hall–Kier alpha value is -1.58. The highest BCUT2D eigenvalue weighted by atomic mass is 16.5. The van der Waals surface area contributed by atoms with E-state index in [-0.39, 0.29) is 12.3 Å². The van der Waals surface area contributed by atoms with Crippen LogP contribution < -0.4 is 5.32 Å². The largest absolute Gasteiger partial charge is 0.466 e. The van der Waals surface area contributed by atoms with Crippen LogP contribution in [0.4, 0.5) is 0 Å². The standard InChI is InChI=1S/C16H27NO3/c1-6-12(4)13(5)9-10-14(7-2)17-15(18)11-16(19)20-8-3/h10H,6-9,11H2,1-5H3,(H,17,18)/b13-12-,14-10+. The van der Waals surface area contributed by atoms with Crippen LogP contribution in [-0.2, 0) is 14.3 Å². The number of carbonyl (C=O) groups excluding carboxylic acids is 2. The fraction of sp³-hybridized carbons (Fsp3) is 0.625. The van der Waals surface area contributed by atoms with Crippen molar-refractivity contribution in [2.75, 3.05) is 6.61 Å². The maximum Gasteiger partial charge on any atom is 0.315 e. The minimum Gasteiger partial charge on any atom is -0.466 e. The lowest BCUT2D eigenvalue weighted by molar-refractivity contribution is -0.145. The summed E-state index contributed by atoms with van der Waals surface area (Å²) in [6.45, 7) is 10.3. The second kappa shape index (κ2) is 10.2. The average molecular weight is 281 g/mol. The second-order valence-corrected chi connectivity index (χ2v) is 4.73. The molecule has 0 rings (SSSR count). The molecule has 20 heavy (non-hydrogen) atoms. The van der Waals surface area contributed by atoms with Crippen LogP contribution in [0.2, 0.25) is 0 Å². The van der Waals surface area contributed by atoms with E-state index >= 15 is 0 Å². The van der Waals surface area contributed by atoms with Crippen molar-refractivity contribution in [3.8, 4) is 0 Å². The van der Waals surface area contributed by atoms with Gasteiger partial charge in [0.2, 0.25) is 5.91 Å². The van der Waals surface area contributed by atoms with E-state index in [4.69, 9.17) is 4.74 Å². The average Bonchev–Trinajstić information content (AvgIpc) is 2.41. The van der Waals surface area contributed by atoms with Gasteiger partial charge in [-0.15, -0.1) is 0 Å². The number of ether oxygens (including phenoxy) is 1. The molecular weight excluding hydrogens is 254 g/mol. The van der Waals surface area contributed by atoms with Gasteiger partial charge in [-0.3, -0.25) is 9.59 Å². The molecule has 0 saturated heterocycles. The van der Waals surface area contributed by atoms with Crippen LogP contribution in [0.25, 0.3) is 0 Å². The van der Waals surface area contributed by atoms with Gasteiger partial charge in [-0.05, 0) is 40.0 Å². The van der Waals surface area contributed by atoms with Crippen molar-refractivity contribution in [1.82, 2.24) is 5.32 Å². The lowest BCUT2D eigenvalue weighted by Crippen LogP contribution is -2.25. The van der Waals surface area contributed by atoms with Gasteiger partial charge in [0, 0.05) is 5.70 Å². The van der Waals surface area contributed by atoms with Crippen molar-refractivity contribution in [2.24, 2.45) is 0 Å². The van der Waals surface area contributed by atoms with Crippen molar-refractivity contribution in [2.45, 2.75) is 60.3 Å². The molecule has 0 aliphatic heterocycles. The first kappa shape index (κ1) is 18.4. The van der Waals surface area contributed by atoms with Crippen LogP contribution in [-0.4, -0.2) is 18.5 Å². The Labute approximate surface area is 122 Å². The molecule has 0 unspecified atom stereocenters. The fourth-order valence-electron chi connectivity index (χ4n) is 1.60. The summed E-state index contributed by atoms with van der Waals surface area (Å²) in [5.41, 5.74) is 3.54. The van der Waals surface area contributed by atoms with Crippen LogP contribution in [0.3, 0.4) is 0 Å². The van der Waals surface area contributed by atoms with E-state index in [1.165, 1.54) is 11.1 Å². The number of rotatable bonds is 8. The van der Waals surface area contributed by atoms with Crippen LogP contribution in [0, 0.1) is 0 Å². The molecule has 0 radical (unpaired) electrons. The Balaban J connectivity index is 4.47. The molecule has 0 atom stereocenters. The molecule has 114 valence electrons. The Bertz CT molecular complexity index is 395. The predicted octanol–water partition coefficient (Wildman–Crippen LogP) is 3.49. The molecule has 0 fully saturated rings. The molecule has 0 aromatic heterocycles. The minimum atomic E-state index is -0.488. The van der Waals surface area contributed by atoms with E-state index in [2.05, 4.69) is 26.1 Å². The number of carbonyl (C=O) groups is 2. The SMILES string of the molecule is CCOC(=O)CC(=O)N/C(=C/C/C(C)=C(/C)CC)CC. The van der Waals surface area contributed by atoms with Crippen LogP contribution >= 0.6 is 0 Å². The summed E-state index contributed by atoms with van der Waals surface area (Å²) in [6.07, 6.45) is 4.37. The molecular formula is C16H27NO3. The summed E-state index contributed by atoms with van der Waals surface area (Å²) < 4.78 is 4.75. The van der Waals surface area contributed by atoms with Crippen molar-refractivity contribution in [3.05, 3.63) is 22.9 Å². The zero-order valence-electron chi connectivity index (χ0n) is 13.3. The Kier molecular flexibility index (Phi) is 9.43. The van der Waals surface area contributed by atoms with Gasteiger partial charge in [-0.25, -0.2) is 0 Å². The molecule has 0 aliphatic rings. The third-order valence-corrected chi connectivity index (χ3v) is 3.20. The zero-order valence-corrected chi connectivity index (χ0v) is 13.3. The maximum absolute atomic E-state index is 11.7. The molecule has 0 aromatic carbocycles. The molecule has 0 spiro atoms. The number of amides is 1. The molecule has 1 amide bonds. The first-order valence-corrected chi connectivity index (χ1v) is 7.24. The van der Waals surface area contributed by atoms with E-state index in [1.54, 1.807) is 6.92 Å². The number of hydrogen-bond donors (Lipinski definition) is 1. The predicted molar refractivity (Wildman–Crippen MR) is 81.0 cm³/mol. The van der Waals surface area contributed by atoms with Crippen molar-refractivity contribution in [3.63, 3.8) is 0 Å². The normalized spacial score (nSPS) is 12.8. The molecule has 4 heteroatoms. The summed E-state index contributed by atoms with van der Waals surface area (Å²) in [7, 11) is 0. The maximum atomic E-state index is 11.7. The third-order valence-electron chi connectivity index (χ3n) is 3.20. The van der Waals surface area contributed by atoms with Crippen molar-refractivity contribution >= 4 is 11.9 Å². The number of nitrogens with one attached hydrogen (secondary N) is 1. The highest BCUT2D eigenvalue weighted by Gasteiger charge is 2.10. The highest BCUT2D eigenvalue weighted by Crippen LogP contribution is 2.13. The summed E-state index contributed by atoms with van der Waals surface area (Å²) in [5.74, 6) is -0.802. The van der Waals surface area contributed by atoms with Crippen molar-refractivity contribution < 1.29 is 14.3 Å². The Morgan fingerprint density at radius 2 is 1.70 bits per heavy atom. The van der Waals surface area contributed by atoms with Gasteiger partial charge in [0.25, 0.3) is 0 Å². The minimum absolute atomic E-state index is 0.228. The highest BCUT2D eigenvalue weighted by molar-refractivity contribution is 5.94. The van der Waals surface area contributed by atoms with E-state index < -0.39 is 5.97 Å². The number of allylic oxidation sites excluding steroid dienone is 4. The molecule has 4 nitrogen and oxygen atoms in total.